The number of phenols is 1. The number of aryl methyl sites for hydroxylation is 1. The monoisotopic (exact) mass is 283 g/mol. The summed E-state index contributed by atoms with van der Waals surface area (Å²) in [6.07, 6.45) is 4.26. The Morgan fingerprint density at radius 1 is 1.31 bits per heavy atom. The van der Waals surface area contributed by atoms with Crippen molar-refractivity contribution in [2.75, 3.05) is 0 Å². The Labute approximate surface area is 105 Å². The number of phenolic OH excluding ortho intramolecular Hbond substituents is 1. The van der Waals surface area contributed by atoms with Crippen molar-refractivity contribution in [1.29, 1.82) is 0 Å². The molecule has 0 saturated heterocycles. The lowest BCUT2D eigenvalue weighted by molar-refractivity contribution is 0.404. The summed E-state index contributed by atoms with van der Waals surface area (Å²) in [5.41, 5.74) is 9.02. The highest BCUT2D eigenvalue weighted by molar-refractivity contribution is 9.10. The summed E-state index contributed by atoms with van der Waals surface area (Å²) in [6, 6.07) is 2.05. The summed E-state index contributed by atoms with van der Waals surface area (Å²) < 4.78 is 0.952. The Morgan fingerprint density at radius 2 is 1.88 bits per heavy atom. The Bertz CT molecular complexity index is 422. The van der Waals surface area contributed by atoms with E-state index < -0.39 is 0 Å². The quantitative estimate of drug-likeness (QED) is 0.829. The van der Waals surface area contributed by atoms with Crippen LogP contribution in [0.5, 0.6) is 5.75 Å². The van der Waals surface area contributed by atoms with E-state index in [4.69, 9.17) is 5.73 Å². The van der Waals surface area contributed by atoms with E-state index in [0.717, 1.165) is 46.8 Å². The van der Waals surface area contributed by atoms with Crippen LogP contribution in [-0.4, -0.2) is 5.11 Å². The van der Waals surface area contributed by atoms with Crippen LogP contribution < -0.4 is 5.73 Å². The molecule has 1 aliphatic carbocycles. The van der Waals surface area contributed by atoms with Crippen molar-refractivity contribution in [3.63, 3.8) is 0 Å². The number of rotatable bonds is 1. The summed E-state index contributed by atoms with van der Waals surface area (Å²) in [4.78, 5) is 0. The molecule has 0 unspecified atom stereocenters. The van der Waals surface area contributed by atoms with Gasteiger partial charge in [-0.25, -0.2) is 0 Å². The van der Waals surface area contributed by atoms with Gasteiger partial charge in [-0.15, -0.1) is 0 Å². The third-order valence-electron chi connectivity index (χ3n) is 3.68. The Morgan fingerprint density at radius 3 is 2.44 bits per heavy atom. The van der Waals surface area contributed by atoms with Crippen LogP contribution in [0.3, 0.4) is 0 Å². The molecule has 0 spiro atoms. The van der Waals surface area contributed by atoms with Gasteiger partial charge < -0.3 is 10.8 Å². The first kappa shape index (κ1) is 11.9. The number of hydrogen-bond donors (Lipinski definition) is 2. The molecule has 3 N–H and O–H groups in total. The van der Waals surface area contributed by atoms with Crippen LogP contribution in [0.25, 0.3) is 0 Å². The fourth-order valence-electron chi connectivity index (χ4n) is 2.74. The second-order valence-electron chi connectivity index (χ2n) is 4.89. The normalized spacial score (nSPS) is 19.0. The van der Waals surface area contributed by atoms with Gasteiger partial charge in [0, 0.05) is 21.1 Å². The highest BCUT2D eigenvalue weighted by Gasteiger charge is 2.35. The van der Waals surface area contributed by atoms with E-state index in [-0.39, 0.29) is 5.54 Å². The van der Waals surface area contributed by atoms with Crippen molar-refractivity contribution in [3.05, 3.63) is 27.2 Å². The first-order valence-electron chi connectivity index (χ1n) is 5.74. The lowest BCUT2D eigenvalue weighted by Gasteiger charge is -2.28. The zero-order valence-corrected chi connectivity index (χ0v) is 11.4. The molecule has 0 atom stereocenters. The molecule has 0 radical (unpaired) electrons. The zero-order chi connectivity index (χ0) is 11.9. The van der Waals surface area contributed by atoms with E-state index in [2.05, 4.69) is 22.0 Å². The molecule has 1 saturated carbocycles. The standard InChI is InChI=1S/C13H18BrNO/c1-8-7-10(14)9(2)12(16)11(8)13(15)5-3-4-6-13/h7,16H,3-6,15H2,1-2H3. The number of aromatic hydroxyl groups is 1. The Balaban J connectivity index is 2.60. The van der Waals surface area contributed by atoms with Crippen LogP contribution in [0.2, 0.25) is 0 Å². The topological polar surface area (TPSA) is 46.2 Å². The summed E-state index contributed by atoms with van der Waals surface area (Å²) in [5.74, 6) is 0.372. The smallest absolute Gasteiger partial charge is 0.124 e. The van der Waals surface area contributed by atoms with E-state index in [9.17, 15) is 5.11 Å². The molecule has 16 heavy (non-hydrogen) atoms. The molecule has 2 nitrogen and oxygen atoms in total. The Kier molecular flexibility index (Phi) is 3.01. The van der Waals surface area contributed by atoms with Crippen LogP contribution >= 0.6 is 15.9 Å². The summed E-state index contributed by atoms with van der Waals surface area (Å²) in [6.45, 7) is 3.94. The van der Waals surface area contributed by atoms with E-state index in [1.165, 1.54) is 0 Å². The predicted molar refractivity (Wildman–Crippen MR) is 69.6 cm³/mol. The lowest BCUT2D eigenvalue weighted by atomic mass is 9.84. The maximum atomic E-state index is 10.3. The molecular weight excluding hydrogens is 266 g/mol. The molecule has 0 aliphatic heterocycles. The van der Waals surface area contributed by atoms with Gasteiger partial charge in [-0.05, 0) is 38.3 Å². The van der Waals surface area contributed by atoms with E-state index >= 15 is 0 Å². The largest absolute Gasteiger partial charge is 0.507 e. The fraction of sp³-hybridized carbons (Fsp3) is 0.538. The molecule has 1 aliphatic rings. The molecular formula is C13H18BrNO. The van der Waals surface area contributed by atoms with Gasteiger partial charge in [0.25, 0.3) is 0 Å². The zero-order valence-electron chi connectivity index (χ0n) is 9.81. The van der Waals surface area contributed by atoms with Gasteiger partial charge in [-0.1, -0.05) is 28.8 Å². The molecule has 1 aromatic carbocycles. The minimum absolute atomic E-state index is 0.320. The first-order valence-corrected chi connectivity index (χ1v) is 6.53. The van der Waals surface area contributed by atoms with Crippen LogP contribution in [0, 0.1) is 13.8 Å². The highest BCUT2D eigenvalue weighted by atomic mass is 79.9. The number of nitrogens with two attached hydrogens (primary N) is 1. The lowest BCUT2D eigenvalue weighted by Crippen LogP contribution is -2.34. The highest BCUT2D eigenvalue weighted by Crippen LogP contribution is 2.44. The molecule has 0 bridgehead atoms. The van der Waals surface area contributed by atoms with Gasteiger partial charge >= 0.3 is 0 Å². The molecule has 1 aromatic rings. The van der Waals surface area contributed by atoms with Crippen LogP contribution in [0.15, 0.2) is 10.5 Å². The van der Waals surface area contributed by atoms with Gasteiger partial charge in [-0.2, -0.15) is 0 Å². The molecule has 88 valence electrons. The second kappa shape index (κ2) is 4.04. The van der Waals surface area contributed by atoms with Crippen molar-refractivity contribution in [3.8, 4) is 5.75 Å². The van der Waals surface area contributed by atoms with Crippen LogP contribution in [-0.2, 0) is 5.54 Å². The molecule has 0 heterocycles. The molecule has 0 aromatic heterocycles. The van der Waals surface area contributed by atoms with Gasteiger partial charge in [0.1, 0.15) is 5.75 Å². The van der Waals surface area contributed by atoms with Crippen LogP contribution in [0.1, 0.15) is 42.4 Å². The fourth-order valence-corrected chi connectivity index (χ4v) is 3.27. The maximum Gasteiger partial charge on any atom is 0.124 e. The average molecular weight is 284 g/mol. The van der Waals surface area contributed by atoms with Crippen molar-refractivity contribution in [2.45, 2.75) is 45.1 Å². The molecule has 2 rings (SSSR count). The van der Waals surface area contributed by atoms with Crippen molar-refractivity contribution < 1.29 is 5.11 Å². The van der Waals surface area contributed by atoms with Crippen molar-refractivity contribution in [2.24, 2.45) is 5.73 Å². The number of hydrogen-bond acceptors (Lipinski definition) is 2. The predicted octanol–water partition coefficient (Wildman–Crippen LogP) is 3.50. The van der Waals surface area contributed by atoms with E-state index in [1.54, 1.807) is 0 Å². The maximum absolute atomic E-state index is 10.3. The van der Waals surface area contributed by atoms with E-state index in [0.29, 0.717) is 5.75 Å². The van der Waals surface area contributed by atoms with E-state index in [1.807, 2.05) is 13.8 Å². The van der Waals surface area contributed by atoms with Gasteiger partial charge in [0.15, 0.2) is 0 Å². The van der Waals surface area contributed by atoms with Gasteiger partial charge in [0.2, 0.25) is 0 Å². The minimum Gasteiger partial charge on any atom is -0.507 e. The third kappa shape index (κ3) is 1.76. The van der Waals surface area contributed by atoms with Crippen LogP contribution in [0.4, 0.5) is 0 Å². The van der Waals surface area contributed by atoms with Crippen molar-refractivity contribution in [1.82, 2.24) is 0 Å². The molecule has 3 heteroatoms. The number of halogens is 1. The average Bonchev–Trinajstić information content (AvgIpc) is 2.62. The SMILES string of the molecule is Cc1cc(Br)c(C)c(O)c1C1(N)CCCC1. The second-order valence-corrected chi connectivity index (χ2v) is 5.74. The minimum atomic E-state index is -0.320. The first-order chi connectivity index (χ1) is 7.46. The summed E-state index contributed by atoms with van der Waals surface area (Å²) in [5, 5.41) is 10.3. The Hall–Kier alpha value is -0.540. The van der Waals surface area contributed by atoms with Gasteiger partial charge in [-0.3, -0.25) is 0 Å². The van der Waals surface area contributed by atoms with Gasteiger partial charge in [0.05, 0.1) is 0 Å². The summed E-state index contributed by atoms with van der Waals surface area (Å²) in [7, 11) is 0. The third-order valence-corrected chi connectivity index (χ3v) is 4.51. The van der Waals surface area contributed by atoms with Crippen molar-refractivity contribution >= 4 is 15.9 Å². The number of benzene rings is 1. The molecule has 0 amide bonds. The summed E-state index contributed by atoms with van der Waals surface area (Å²) >= 11 is 3.46. The molecule has 1 fully saturated rings.